The number of carboxylic acid groups (broad SMARTS) is 1. The summed E-state index contributed by atoms with van der Waals surface area (Å²) in [7, 11) is 0. The number of carbonyl (C=O) groups is 1. The molecule has 92 valence electrons. The second kappa shape index (κ2) is 5.50. The standard InChI is InChI=1S/C13H18N2O2/c1-4-6-11-9(5-2)10(7-15-11)8(3)12(14)13(16)17/h4-8,12,15H,2,14H2,1,3H3,(H,16,17)/b6-4-. The Kier molecular flexibility index (Phi) is 4.29. The van der Waals surface area contributed by atoms with Gasteiger partial charge in [0.15, 0.2) is 0 Å². The van der Waals surface area contributed by atoms with Crippen LogP contribution in [0.2, 0.25) is 0 Å². The predicted molar refractivity (Wildman–Crippen MR) is 69.6 cm³/mol. The van der Waals surface area contributed by atoms with Crippen LogP contribution in [0.25, 0.3) is 12.2 Å². The van der Waals surface area contributed by atoms with Gasteiger partial charge in [0.2, 0.25) is 0 Å². The summed E-state index contributed by atoms with van der Waals surface area (Å²) in [5.41, 5.74) is 8.34. The summed E-state index contributed by atoms with van der Waals surface area (Å²) >= 11 is 0. The van der Waals surface area contributed by atoms with Crippen molar-refractivity contribution >= 4 is 18.1 Å². The molecule has 1 rings (SSSR count). The summed E-state index contributed by atoms with van der Waals surface area (Å²) in [6, 6.07) is -0.914. The molecule has 2 atom stereocenters. The number of hydrogen-bond acceptors (Lipinski definition) is 2. The van der Waals surface area contributed by atoms with E-state index in [1.165, 1.54) is 0 Å². The monoisotopic (exact) mass is 234 g/mol. The molecule has 0 radical (unpaired) electrons. The van der Waals surface area contributed by atoms with Crippen LogP contribution in [0.15, 0.2) is 18.9 Å². The van der Waals surface area contributed by atoms with Crippen LogP contribution < -0.4 is 5.73 Å². The van der Waals surface area contributed by atoms with Crippen molar-refractivity contribution in [1.82, 2.24) is 4.98 Å². The first-order valence-electron chi connectivity index (χ1n) is 5.47. The zero-order valence-electron chi connectivity index (χ0n) is 10.1. The van der Waals surface area contributed by atoms with Gasteiger partial charge in [-0.1, -0.05) is 25.7 Å². The Morgan fingerprint density at radius 3 is 2.76 bits per heavy atom. The third kappa shape index (κ3) is 2.65. The molecule has 4 nitrogen and oxygen atoms in total. The summed E-state index contributed by atoms with van der Waals surface area (Å²) in [5.74, 6) is -1.27. The zero-order valence-corrected chi connectivity index (χ0v) is 10.1. The SMILES string of the molecule is C=Cc1c(C(C)C(N)C(=O)O)c[nH]c1/C=C\C. The lowest BCUT2D eigenvalue weighted by atomic mass is 9.92. The molecule has 0 saturated carbocycles. The van der Waals surface area contributed by atoms with Crippen LogP contribution in [0.1, 0.15) is 36.6 Å². The fourth-order valence-electron chi connectivity index (χ4n) is 1.78. The summed E-state index contributed by atoms with van der Waals surface area (Å²) in [4.78, 5) is 14.0. The number of H-pyrrole nitrogens is 1. The molecule has 1 aromatic rings. The number of carboxylic acids is 1. The highest BCUT2D eigenvalue weighted by Gasteiger charge is 2.24. The number of aromatic amines is 1. The van der Waals surface area contributed by atoms with E-state index in [0.29, 0.717) is 0 Å². The van der Waals surface area contributed by atoms with Crippen molar-refractivity contribution in [2.45, 2.75) is 25.8 Å². The van der Waals surface area contributed by atoms with Crippen LogP contribution in [0.4, 0.5) is 0 Å². The highest BCUT2D eigenvalue weighted by atomic mass is 16.4. The van der Waals surface area contributed by atoms with E-state index in [1.54, 1.807) is 19.2 Å². The third-order valence-corrected chi connectivity index (χ3v) is 2.84. The van der Waals surface area contributed by atoms with Crippen LogP contribution in [-0.4, -0.2) is 22.1 Å². The first-order valence-corrected chi connectivity index (χ1v) is 5.47. The van der Waals surface area contributed by atoms with Gasteiger partial charge in [-0.3, -0.25) is 4.79 Å². The smallest absolute Gasteiger partial charge is 0.321 e. The Labute approximate surface area is 101 Å². The number of nitrogens with one attached hydrogen (secondary N) is 1. The van der Waals surface area contributed by atoms with E-state index in [0.717, 1.165) is 16.8 Å². The maximum Gasteiger partial charge on any atom is 0.321 e. The molecular formula is C13H18N2O2. The molecule has 0 fully saturated rings. The van der Waals surface area contributed by atoms with Crippen LogP contribution in [-0.2, 0) is 4.79 Å². The highest BCUT2D eigenvalue weighted by Crippen LogP contribution is 2.26. The Balaban J connectivity index is 3.14. The molecule has 17 heavy (non-hydrogen) atoms. The molecule has 0 saturated heterocycles. The van der Waals surface area contributed by atoms with E-state index in [-0.39, 0.29) is 5.92 Å². The Bertz CT molecular complexity index is 446. The van der Waals surface area contributed by atoms with Crippen molar-refractivity contribution in [2.24, 2.45) is 5.73 Å². The zero-order chi connectivity index (χ0) is 13.0. The maximum atomic E-state index is 10.9. The third-order valence-electron chi connectivity index (χ3n) is 2.84. The van der Waals surface area contributed by atoms with E-state index in [9.17, 15) is 4.79 Å². The number of rotatable bonds is 5. The Hall–Kier alpha value is -1.81. The van der Waals surface area contributed by atoms with E-state index in [4.69, 9.17) is 10.8 Å². The summed E-state index contributed by atoms with van der Waals surface area (Å²) in [5, 5.41) is 8.91. The number of allylic oxidation sites excluding steroid dienone is 1. The molecule has 4 heteroatoms. The quantitative estimate of drug-likeness (QED) is 0.730. The first kappa shape index (κ1) is 13.3. The van der Waals surface area contributed by atoms with Gasteiger partial charge < -0.3 is 15.8 Å². The van der Waals surface area contributed by atoms with Gasteiger partial charge in [0.25, 0.3) is 0 Å². The summed E-state index contributed by atoms with van der Waals surface area (Å²) in [6.07, 6.45) is 7.33. The lowest BCUT2D eigenvalue weighted by Crippen LogP contribution is -2.35. The van der Waals surface area contributed by atoms with Crippen molar-refractivity contribution in [3.8, 4) is 0 Å². The second-order valence-electron chi connectivity index (χ2n) is 3.93. The van der Waals surface area contributed by atoms with Gasteiger partial charge in [-0.05, 0) is 18.6 Å². The maximum absolute atomic E-state index is 10.9. The van der Waals surface area contributed by atoms with Gasteiger partial charge in [0.1, 0.15) is 6.04 Å². The van der Waals surface area contributed by atoms with Crippen molar-refractivity contribution in [3.05, 3.63) is 35.7 Å². The van der Waals surface area contributed by atoms with Gasteiger partial charge in [-0.15, -0.1) is 0 Å². The summed E-state index contributed by atoms with van der Waals surface area (Å²) < 4.78 is 0. The van der Waals surface area contributed by atoms with Gasteiger partial charge >= 0.3 is 5.97 Å². The van der Waals surface area contributed by atoms with Crippen LogP contribution >= 0.6 is 0 Å². The molecular weight excluding hydrogens is 216 g/mol. The minimum absolute atomic E-state index is 0.268. The average molecular weight is 234 g/mol. The minimum Gasteiger partial charge on any atom is -0.480 e. The van der Waals surface area contributed by atoms with Gasteiger partial charge in [-0.25, -0.2) is 0 Å². The minimum atomic E-state index is -0.999. The average Bonchev–Trinajstić information content (AvgIpc) is 2.70. The number of nitrogens with two attached hydrogens (primary N) is 1. The largest absolute Gasteiger partial charge is 0.480 e. The molecule has 1 aromatic heterocycles. The van der Waals surface area contributed by atoms with Gasteiger partial charge in [0, 0.05) is 23.4 Å². The van der Waals surface area contributed by atoms with E-state index >= 15 is 0 Å². The topological polar surface area (TPSA) is 79.1 Å². The first-order chi connectivity index (χ1) is 8.02. The van der Waals surface area contributed by atoms with Crippen molar-refractivity contribution in [1.29, 1.82) is 0 Å². The number of aromatic nitrogens is 1. The van der Waals surface area contributed by atoms with E-state index < -0.39 is 12.0 Å². The molecule has 0 amide bonds. The normalized spacial score (nSPS) is 14.8. The molecule has 0 aromatic carbocycles. The molecule has 4 N–H and O–H groups in total. The van der Waals surface area contributed by atoms with Crippen LogP contribution in [0.3, 0.4) is 0 Å². The lowest BCUT2D eigenvalue weighted by molar-refractivity contribution is -0.139. The molecule has 0 aliphatic carbocycles. The molecule has 0 spiro atoms. The number of hydrogen-bond donors (Lipinski definition) is 3. The fourth-order valence-corrected chi connectivity index (χ4v) is 1.78. The van der Waals surface area contributed by atoms with Crippen molar-refractivity contribution in [2.75, 3.05) is 0 Å². The van der Waals surface area contributed by atoms with E-state index in [1.807, 2.05) is 19.1 Å². The van der Waals surface area contributed by atoms with Crippen molar-refractivity contribution in [3.63, 3.8) is 0 Å². The molecule has 0 aliphatic heterocycles. The summed E-state index contributed by atoms with van der Waals surface area (Å²) in [6.45, 7) is 7.47. The predicted octanol–water partition coefficient (Wildman–Crippen LogP) is 2.21. The second-order valence-corrected chi connectivity index (χ2v) is 3.93. The van der Waals surface area contributed by atoms with Gasteiger partial charge in [0.05, 0.1) is 0 Å². The molecule has 0 aliphatic rings. The Morgan fingerprint density at radius 1 is 1.65 bits per heavy atom. The fraction of sp³-hybridized carbons (Fsp3) is 0.308. The molecule has 1 heterocycles. The lowest BCUT2D eigenvalue weighted by Gasteiger charge is -2.15. The van der Waals surface area contributed by atoms with Gasteiger partial charge in [-0.2, -0.15) is 0 Å². The van der Waals surface area contributed by atoms with Crippen molar-refractivity contribution < 1.29 is 9.90 Å². The Morgan fingerprint density at radius 2 is 2.29 bits per heavy atom. The number of aliphatic carboxylic acids is 1. The van der Waals surface area contributed by atoms with Crippen LogP contribution in [0.5, 0.6) is 0 Å². The molecule has 0 bridgehead atoms. The van der Waals surface area contributed by atoms with E-state index in [2.05, 4.69) is 11.6 Å². The van der Waals surface area contributed by atoms with Crippen LogP contribution in [0, 0.1) is 0 Å². The highest BCUT2D eigenvalue weighted by molar-refractivity contribution is 5.75. The molecule has 2 unspecified atom stereocenters.